The van der Waals surface area contributed by atoms with E-state index in [1.807, 2.05) is 84.9 Å². The Bertz CT molecular complexity index is 1970. The van der Waals surface area contributed by atoms with Crippen LogP contribution in [0.2, 0.25) is 0 Å². The highest BCUT2D eigenvalue weighted by Crippen LogP contribution is 2.46. The molecule has 1 aliphatic carbocycles. The van der Waals surface area contributed by atoms with Gasteiger partial charge in [-0.1, -0.05) is 109 Å². The molecular weight excluding hydrogens is 577 g/mol. The highest BCUT2D eigenvalue weighted by atomic mass is 32.2. The monoisotopic (exact) mass is 607 g/mol. The van der Waals surface area contributed by atoms with Gasteiger partial charge in [0.05, 0.1) is 0 Å². The fraction of sp³-hybridized carbons (Fsp3) is 0.139. The number of rotatable bonds is 10. The molecule has 0 bridgehead atoms. The molecule has 0 spiro atoms. The summed E-state index contributed by atoms with van der Waals surface area (Å²) < 4.78 is 50.1. The molecule has 6 rings (SSSR count). The molecular formula is C36H30FNO5S. The summed E-state index contributed by atoms with van der Waals surface area (Å²) in [6.45, 7) is 0. The van der Waals surface area contributed by atoms with E-state index >= 15 is 0 Å². The van der Waals surface area contributed by atoms with Gasteiger partial charge in [0.1, 0.15) is 27.9 Å². The molecule has 6 nitrogen and oxygen atoms in total. The van der Waals surface area contributed by atoms with Crippen molar-refractivity contribution in [3.63, 3.8) is 0 Å². The van der Waals surface area contributed by atoms with Crippen LogP contribution in [0.25, 0.3) is 16.5 Å². The van der Waals surface area contributed by atoms with E-state index in [0.717, 1.165) is 16.7 Å². The third-order valence-corrected chi connectivity index (χ3v) is 10.1. The van der Waals surface area contributed by atoms with Gasteiger partial charge in [0.2, 0.25) is 10.0 Å². The molecule has 0 saturated heterocycles. The van der Waals surface area contributed by atoms with E-state index in [-0.39, 0.29) is 12.8 Å². The lowest BCUT2D eigenvalue weighted by molar-refractivity contribution is -0.138. The number of hydrogen-bond acceptors (Lipinski definition) is 4. The maximum absolute atomic E-state index is 14.7. The predicted octanol–water partition coefficient (Wildman–Crippen LogP) is 7.02. The largest absolute Gasteiger partial charge is 0.480 e. The standard InChI is InChI=1S/C36H30FNO5S/c37-29-17-15-26(16-18-29)23-31(35(39)40)38-44(41,42)36(21-19-28(20-22-36)27-11-5-2-6-12-27)34-30-13-7-8-14-32(30)43-33(34)24-25-9-3-1-4-10-25/h1-21,31,38H,22-24H2,(H,39,40). The molecule has 1 heterocycles. The molecule has 2 N–H and O–H groups in total. The Balaban J connectivity index is 1.49. The average molecular weight is 608 g/mol. The fourth-order valence-electron chi connectivity index (χ4n) is 5.78. The third kappa shape index (κ3) is 5.74. The van der Waals surface area contributed by atoms with Gasteiger partial charge in [-0.3, -0.25) is 4.79 Å². The number of carbonyl (C=O) groups is 1. The zero-order valence-corrected chi connectivity index (χ0v) is 24.5. The Morgan fingerprint density at radius 3 is 2.20 bits per heavy atom. The van der Waals surface area contributed by atoms with E-state index in [4.69, 9.17) is 4.42 Å². The van der Waals surface area contributed by atoms with Crippen molar-refractivity contribution in [1.29, 1.82) is 0 Å². The minimum absolute atomic E-state index is 0.0390. The summed E-state index contributed by atoms with van der Waals surface area (Å²) in [4.78, 5) is 12.4. The van der Waals surface area contributed by atoms with Crippen LogP contribution >= 0.6 is 0 Å². The van der Waals surface area contributed by atoms with Crippen molar-refractivity contribution in [2.24, 2.45) is 0 Å². The number of hydrogen-bond donors (Lipinski definition) is 2. The van der Waals surface area contributed by atoms with E-state index in [0.29, 0.717) is 34.3 Å². The van der Waals surface area contributed by atoms with Crippen LogP contribution in [0.15, 0.2) is 132 Å². The van der Waals surface area contributed by atoms with Gasteiger partial charge in [-0.2, -0.15) is 4.72 Å². The van der Waals surface area contributed by atoms with Gasteiger partial charge in [0.25, 0.3) is 0 Å². The normalized spacial score (nSPS) is 17.3. The summed E-state index contributed by atoms with van der Waals surface area (Å²) in [5, 5.41) is 10.8. The second-order valence-electron chi connectivity index (χ2n) is 10.9. The first-order chi connectivity index (χ1) is 21.3. The second-order valence-corrected chi connectivity index (χ2v) is 12.8. The zero-order chi connectivity index (χ0) is 30.7. The van der Waals surface area contributed by atoms with Crippen LogP contribution in [0.1, 0.15) is 34.4 Å². The number of carboxylic acids is 1. The number of furan rings is 1. The molecule has 0 radical (unpaired) electrons. The summed E-state index contributed by atoms with van der Waals surface area (Å²) >= 11 is 0. The number of halogens is 1. The number of benzene rings is 4. The van der Waals surface area contributed by atoms with Gasteiger partial charge in [0, 0.05) is 17.4 Å². The molecule has 44 heavy (non-hydrogen) atoms. The number of nitrogens with one attached hydrogen (secondary N) is 1. The van der Waals surface area contributed by atoms with E-state index in [1.165, 1.54) is 24.3 Å². The van der Waals surface area contributed by atoms with Crippen molar-refractivity contribution in [1.82, 2.24) is 4.72 Å². The molecule has 222 valence electrons. The Morgan fingerprint density at radius 1 is 0.886 bits per heavy atom. The Kier molecular flexibility index (Phi) is 8.03. The first kappa shape index (κ1) is 29.3. The van der Waals surface area contributed by atoms with E-state index in [9.17, 15) is 22.7 Å². The van der Waals surface area contributed by atoms with Gasteiger partial charge in [-0.25, -0.2) is 12.8 Å². The van der Waals surface area contributed by atoms with Crippen LogP contribution in [-0.2, 0) is 32.4 Å². The Morgan fingerprint density at radius 2 is 1.55 bits per heavy atom. The maximum atomic E-state index is 14.7. The molecule has 4 aromatic carbocycles. The first-order valence-corrected chi connectivity index (χ1v) is 15.7. The second kappa shape index (κ2) is 12.1. The highest BCUT2D eigenvalue weighted by Gasteiger charge is 2.49. The number of sulfonamides is 1. The van der Waals surface area contributed by atoms with E-state index in [1.54, 1.807) is 18.2 Å². The molecule has 5 aromatic rings. The molecule has 8 heteroatoms. The van der Waals surface area contributed by atoms with Gasteiger partial charge < -0.3 is 9.52 Å². The number of allylic oxidation sites excluding steroid dienone is 3. The van der Waals surface area contributed by atoms with Crippen LogP contribution in [0.3, 0.4) is 0 Å². The summed E-state index contributed by atoms with van der Waals surface area (Å²) in [6, 6.07) is 30.4. The van der Waals surface area contributed by atoms with Crippen molar-refractivity contribution in [3.8, 4) is 0 Å². The Labute approximate surface area is 255 Å². The van der Waals surface area contributed by atoms with Crippen LogP contribution in [-0.4, -0.2) is 25.5 Å². The summed E-state index contributed by atoms with van der Waals surface area (Å²) in [7, 11) is -4.45. The van der Waals surface area contributed by atoms with Gasteiger partial charge in [-0.15, -0.1) is 0 Å². The Hall–Kier alpha value is -4.79. The molecule has 0 fully saturated rings. The first-order valence-electron chi connectivity index (χ1n) is 14.2. The number of para-hydroxylation sites is 1. The van der Waals surface area contributed by atoms with E-state index < -0.39 is 32.6 Å². The molecule has 0 aliphatic heterocycles. The van der Waals surface area contributed by atoms with Crippen molar-refractivity contribution in [2.45, 2.75) is 30.1 Å². The average Bonchev–Trinajstić information content (AvgIpc) is 3.40. The quantitative estimate of drug-likeness (QED) is 0.178. The minimum Gasteiger partial charge on any atom is -0.480 e. The number of carboxylic acid groups (broad SMARTS) is 1. The summed E-state index contributed by atoms with van der Waals surface area (Å²) in [6.07, 6.45) is 5.52. The number of fused-ring (bicyclic) bond motifs is 1. The number of aliphatic carboxylic acids is 1. The van der Waals surface area contributed by atoms with Gasteiger partial charge >= 0.3 is 5.97 Å². The van der Waals surface area contributed by atoms with Gasteiger partial charge in [0.15, 0.2) is 0 Å². The van der Waals surface area contributed by atoms with Crippen LogP contribution in [0.5, 0.6) is 0 Å². The SMILES string of the molecule is O=C(O)C(Cc1ccc(F)cc1)NS(=O)(=O)C1(c2c(Cc3ccccc3)oc3ccccc23)C=CC(c2ccccc2)=CC1. The van der Waals surface area contributed by atoms with Crippen molar-refractivity contribution in [3.05, 3.63) is 161 Å². The lowest BCUT2D eigenvalue weighted by Crippen LogP contribution is -2.50. The highest BCUT2D eigenvalue weighted by molar-refractivity contribution is 7.90. The fourth-order valence-corrected chi connectivity index (χ4v) is 7.59. The van der Waals surface area contributed by atoms with Crippen LogP contribution < -0.4 is 4.72 Å². The topological polar surface area (TPSA) is 96.6 Å². The molecule has 1 aliphatic rings. The molecule has 0 amide bonds. The van der Waals surface area contributed by atoms with Crippen LogP contribution in [0.4, 0.5) is 4.39 Å². The smallest absolute Gasteiger partial charge is 0.322 e. The minimum atomic E-state index is -4.45. The molecule has 2 atom stereocenters. The third-order valence-electron chi connectivity index (χ3n) is 7.99. The lowest BCUT2D eigenvalue weighted by atomic mass is 9.85. The summed E-state index contributed by atoms with van der Waals surface area (Å²) in [5.74, 6) is -1.32. The van der Waals surface area contributed by atoms with Gasteiger partial charge in [-0.05, 0) is 53.3 Å². The van der Waals surface area contributed by atoms with E-state index in [2.05, 4.69) is 4.72 Å². The van der Waals surface area contributed by atoms with Crippen LogP contribution in [0, 0.1) is 5.82 Å². The predicted molar refractivity (Wildman–Crippen MR) is 169 cm³/mol. The molecule has 2 unspecified atom stereocenters. The lowest BCUT2D eigenvalue weighted by Gasteiger charge is -2.34. The van der Waals surface area contributed by atoms with Crippen molar-refractivity contribution in [2.75, 3.05) is 0 Å². The van der Waals surface area contributed by atoms with Crippen molar-refractivity contribution >= 4 is 32.5 Å². The summed E-state index contributed by atoms with van der Waals surface area (Å²) in [5.41, 5.74) is 4.22. The van der Waals surface area contributed by atoms with Crippen molar-refractivity contribution < 1.29 is 27.1 Å². The molecule has 0 saturated carbocycles. The maximum Gasteiger partial charge on any atom is 0.322 e. The zero-order valence-electron chi connectivity index (χ0n) is 23.7. The molecule has 1 aromatic heterocycles.